The van der Waals surface area contributed by atoms with Gasteiger partial charge < -0.3 is 9.47 Å². The first-order valence-electron chi connectivity index (χ1n) is 5.62. The molecule has 2 saturated carbocycles. The number of rotatable bonds is 3. The first kappa shape index (κ1) is 10.4. The van der Waals surface area contributed by atoms with Gasteiger partial charge in [-0.15, -0.1) is 11.6 Å². The Morgan fingerprint density at radius 2 is 2.31 bits per heavy atom. The second kappa shape index (κ2) is 3.62. The Morgan fingerprint density at radius 3 is 3.06 bits per heavy atom. The van der Waals surface area contributed by atoms with Crippen molar-refractivity contribution in [1.82, 2.24) is 0 Å². The van der Waals surface area contributed by atoms with Gasteiger partial charge in [0.25, 0.3) is 0 Å². The lowest BCUT2D eigenvalue weighted by atomic mass is 9.80. The van der Waals surface area contributed by atoms with Crippen LogP contribution in [0.5, 0.6) is 0 Å². The molecule has 0 amide bonds. The Kier molecular flexibility index (Phi) is 2.35. The number of halogens is 1. The SMILES string of the molecule is O=C(CCl)OCC1C2CC3OC(=O)C1C3C2. The Bertz CT molecular complexity index is 341. The van der Waals surface area contributed by atoms with E-state index in [2.05, 4.69) is 0 Å². The zero-order valence-corrected chi connectivity index (χ0v) is 9.48. The topological polar surface area (TPSA) is 52.6 Å². The average molecular weight is 245 g/mol. The maximum Gasteiger partial charge on any atom is 0.320 e. The molecule has 1 aliphatic heterocycles. The fraction of sp³-hybridized carbons (Fsp3) is 0.818. The molecule has 3 fully saturated rings. The molecule has 4 nitrogen and oxygen atoms in total. The highest BCUT2D eigenvalue weighted by Crippen LogP contribution is 2.57. The highest BCUT2D eigenvalue weighted by Gasteiger charge is 2.62. The monoisotopic (exact) mass is 244 g/mol. The lowest BCUT2D eigenvalue weighted by Crippen LogP contribution is -2.30. The normalized spacial score (nSPS) is 43.6. The third-order valence-electron chi connectivity index (χ3n) is 4.20. The number of fused-ring (bicyclic) bond motifs is 1. The molecule has 5 unspecified atom stereocenters. The summed E-state index contributed by atoms with van der Waals surface area (Å²) in [6, 6.07) is 0. The summed E-state index contributed by atoms with van der Waals surface area (Å²) < 4.78 is 10.3. The minimum atomic E-state index is -0.410. The van der Waals surface area contributed by atoms with Crippen molar-refractivity contribution < 1.29 is 19.1 Å². The van der Waals surface area contributed by atoms with Gasteiger partial charge in [-0.2, -0.15) is 0 Å². The van der Waals surface area contributed by atoms with Crippen LogP contribution >= 0.6 is 11.6 Å². The van der Waals surface area contributed by atoms with Gasteiger partial charge in [0.15, 0.2) is 0 Å². The first-order chi connectivity index (χ1) is 7.70. The summed E-state index contributed by atoms with van der Waals surface area (Å²) >= 11 is 5.36. The van der Waals surface area contributed by atoms with Crippen molar-refractivity contribution in [2.24, 2.45) is 23.7 Å². The van der Waals surface area contributed by atoms with Gasteiger partial charge >= 0.3 is 11.9 Å². The third-order valence-corrected chi connectivity index (χ3v) is 4.42. The number of hydrogen-bond donors (Lipinski definition) is 0. The van der Waals surface area contributed by atoms with E-state index in [1.807, 2.05) is 0 Å². The molecule has 3 aliphatic rings. The molecule has 5 heteroatoms. The van der Waals surface area contributed by atoms with Crippen LogP contribution in [0.2, 0.25) is 0 Å². The highest BCUT2D eigenvalue weighted by atomic mass is 35.5. The Balaban J connectivity index is 1.68. The number of carbonyl (C=O) groups excluding carboxylic acids is 2. The van der Waals surface area contributed by atoms with Gasteiger partial charge in [-0.3, -0.25) is 9.59 Å². The average Bonchev–Trinajstić information content (AvgIpc) is 2.86. The zero-order valence-electron chi connectivity index (χ0n) is 8.73. The minimum absolute atomic E-state index is 0.0353. The summed E-state index contributed by atoms with van der Waals surface area (Å²) in [5.41, 5.74) is 0. The maximum absolute atomic E-state index is 11.6. The maximum atomic E-state index is 11.6. The fourth-order valence-corrected chi connectivity index (χ4v) is 3.67. The smallest absolute Gasteiger partial charge is 0.320 e. The molecule has 3 rings (SSSR count). The van der Waals surface area contributed by atoms with E-state index in [1.54, 1.807) is 0 Å². The second-order valence-electron chi connectivity index (χ2n) is 4.88. The van der Waals surface area contributed by atoms with Crippen LogP contribution in [-0.2, 0) is 19.1 Å². The van der Waals surface area contributed by atoms with E-state index in [4.69, 9.17) is 21.1 Å². The van der Waals surface area contributed by atoms with Crippen molar-refractivity contribution in [2.45, 2.75) is 18.9 Å². The Labute approximate surface area is 98.2 Å². The summed E-state index contributed by atoms with van der Waals surface area (Å²) in [6.07, 6.45) is 2.13. The van der Waals surface area contributed by atoms with Gasteiger partial charge in [0.05, 0.1) is 12.5 Å². The van der Waals surface area contributed by atoms with E-state index in [-0.39, 0.29) is 29.8 Å². The van der Waals surface area contributed by atoms with E-state index in [1.165, 1.54) is 0 Å². The van der Waals surface area contributed by atoms with Crippen LogP contribution in [0.1, 0.15) is 12.8 Å². The molecule has 0 aromatic rings. The number of alkyl halides is 1. The molecule has 5 atom stereocenters. The fourth-order valence-electron chi connectivity index (χ4n) is 3.59. The van der Waals surface area contributed by atoms with Crippen LogP contribution in [0.15, 0.2) is 0 Å². The second-order valence-corrected chi connectivity index (χ2v) is 5.14. The highest BCUT2D eigenvalue weighted by molar-refractivity contribution is 6.26. The molecule has 2 bridgehead atoms. The van der Waals surface area contributed by atoms with Crippen molar-refractivity contribution in [2.75, 3.05) is 12.5 Å². The standard InChI is InChI=1S/C11H13ClO4/c12-3-9(13)15-4-7-5-1-6-8(2-5)16-11(14)10(6)7/h5-8,10H,1-4H2. The van der Waals surface area contributed by atoms with Crippen molar-refractivity contribution in [1.29, 1.82) is 0 Å². The van der Waals surface area contributed by atoms with E-state index in [9.17, 15) is 9.59 Å². The molecular formula is C11H13ClO4. The van der Waals surface area contributed by atoms with E-state index < -0.39 is 5.97 Å². The van der Waals surface area contributed by atoms with Gasteiger partial charge in [-0.05, 0) is 18.8 Å². The molecular weight excluding hydrogens is 232 g/mol. The lowest BCUT2D eigenvalue weighted by molar-refractivity contribution is -0.148. The van der Waals surface area contributed by atoms with Crippen molar-refractivity contribution >= 4 is 23.5 Å². The summed E-state index contributed by atoms with van der Waals surface area (Å²) in [4.78, 5) is 22.6. The molecule has 2 aliphatic carbocycles. The van der Waals surface area contributed by atoms with Crippen LogP contribution in [0, 0.1) is 23.7 Å². The first-order valence-corrected chi connectivity index (χ1v) is 6.16. The number of ether oxygens (including phenoxy) is 2. The van der Waals surface area contributed by atoms with Crippen molar-refractivity contribution in [3.05, 3.63) is 0 Å². The van der Waals surface area contributed by atoms with Crippen LogP contribution in [0.4, 0.5) is 0 Å². The predicted octanol–water partition coefficient (Wildman–Crippen LogP) is 0.966. The Morgan fingerprint density at radius 1 is 1.50 bits per heavy atom. The van der Waals surface area contributed by atoms with Crippen LogP contribution in [0.25, 0.3) is 0 Å². The van der Waals surface area contributed by atoms with Crippen LogP contribution in [-0.4, -0.2) is 30.5 Å². The van der Waals surface area contributed by atoms with E-state index in [0.29, 0.717) is 18.4 Å². The van der Waals surface area contributed by atoms with Gasteiger partial charge in [0, 0.05) is 11.8 Å². The summed E-state index contributed by atoms with van der Waals surface area (Å²) in [5.74, 6) is 0.342. The summed E-state index contributed by atoms with van der Waals surface area (Å²) in [6.45, 7) is 0.319. The minimum Gasteiger partial charge on any atom is -0.464 e. The summed E-state index contributed by atoms with van der Waals surface area (Å²) in [5, 5.41) is 0. The largest absolute Gasteiger partial charge is 0.464 e. The van der Waals surface area contributed by atoms with Gasteiger partial charge in [0.2, 0.25) is 0 Å². The number of esters is 2. The quantitative estimate of drug-likeness (QED) is 0.548. The molecule has 0 N–H and O–H groups in total. The Hall–Kier alpha value is -0.770. The third kappa shape index (κ3) is 1.35. The van der Waals surface area contributed by atoms with Gasteiger partial charge in [-0.1, -0.05) is 0 Å². The number of hydrogen-bond acceptors (Lipinski definition) is 4. The van der Waals surface area contributed by atoms with Crippen molar-refractivity contribution in [3.8, 4) is 0 Å². The lowest BCUT2D eigenvalue weighted by Gasteiger charge is -2.23. The molecule has 0 radical (unpaired) electrons. The summed E-state index contributed by atoms with van der Waals surface area (Å²) in [7, 11) is 0. The molecule has 0 aromatic carbocycles. The van der Waals surface area contributed by atoms with E-state index in [0.717, 1.165) is 12.8 Å². The van der Waals surface area contributed by atoms with E-state index >= 15 is 0 Å². The zero-order chi connectivity index (χ0) is 11.3. The van der Waals surface area contributed by atoms with Crippen LogP contribution in [0.3, 0.4) is 0 Å². The molecule has 88 valence electrons. The predicted molar refractivity (Wildman–Crippen MR) is 54.8 cm³/mol. The molecule has 1 heterocycles. The molecule has 0 aromatic heterocycles. The molecule has 0 spiro atoms. The van der Waals surface area contributed by atoms with Crippen molar-refractivity contribution in [3.63, 3.8) is 0 Å². The van der Waals surface area contributed by atoms with Gasteiger partial charge in [-0.25, -0.2) is 0 Å². The molecule has 1 saturated heterocycles. The number of carbonyl (C=O) groups is 2. The molecule has 16 heavy (non-hydrogen) atoms. The van der Waals surface area contributed by atoms with Gasteiger partial charge in [0.1, 0.15) is 12.0 Å². The van der Waals surface area contributed by atoms with Crippen LogP contribution < -0.4 is 0 Å².